The van der Waals surface area contributed by atoms with E-state index in [9.17, 15) is 9.18 Å². The Bertz CT molecular complexity index is 452. The van der Waals surface area contributed by atoms with Crippen molar-refractivity contribution in [2.24, 2.45) is 5.41 Å². The van der Waals surface area contributed by atoms with Gasteiger partial charge in [-0.3, -0.25) is 4.79 Å². The van der Waals surface area contributed by atoms with Crippen molar-refractivity contribution in [2.45, 2.75) is 38.0 Å². The molecule has 0 saturated heterocycles. The van der Waals surface area contributed by atoms with Crippen molar-refractivity contribution in [1.82, 2.24) is 5.32 Å². The van der Waals surface area contributed by atoms with Crippen molar-refractivity contribution in [2.75, 3.05) is 18.9 Å². The maximum atomic E-state index is 13.4. The van der Waals surface area contributed by atoms with Gasteiger partial charge in [0.1, 0.15) is 5.82 Å². The van der Waals surface area contributed by atoms with E-state index in [0.717, 1.165) is 12.8 Å². The molecule has 0 radical (unpaired) electrons. The molecule has 1 amide bonds. The van der Waals surface area contributed by atoms with E-state index in [1.165, 1.54) is 17.8 Å². The van der Waals surface area contributed by atoms with E-state index in [1.807, 2.05) is 0 Å². The fraction of sp³-hybridized carbons (Fsp3) is 0.562. The number of hydrogen-bond acceptors (Lipinski definition) is 3. The molecule has 0 aliphatic heterocycles. The number of carbonyl (C=O) groups excluding carboxylic acids is 1. The topological polar surface area (TPSA) is 49.3 Å². The van der Waals surface area contributed by atoms with E-state index in [2.05, 4.69) is 19.2 Å². The van der Waals surface area contributed by atoms with Crippen LogP contribution in [0.1, 0.15) is 33.1 Å². The first-order valence-electron chi connectivity index (χ1n) is 7.19. The van der Waals surface area contributed by atoms with Gasteiger partial charge in [0, 0.05) is 30.2 Å². The molecule has 0 aliphatic carbocycles. The van der Waals surface area contributed by atoms with Gasteiger partial charge in [0.25, 0.3) is 0 Å². The first kappa shape index (κ1) is 18.0. The van der Waals surface area contributed by atoms with Crippen molar-refractivity contribution in [3.63, 3.8) is 0 Å². The van der Waals surface area contributed by atoms with Crippen LogP contribution in [0.3, 0.4) is 0 Å². The first-order chi connectivity index (χ1) is 9.94. The fourth-order valence-corrected chi connectivity index (χ4v) is 2.78. The van der Waals surface area contributed by atoms with E-state index in [4.69, 9.17) is 5.11 Å². The number of thioether (sulfide) groups is 1. The van der Waals surface area contributed by atoms with Gasteiger partial charge in [-0.2, -0.15) is 0 Å². The third kappa shape index (κ3) is 7.48. The monoisotopic (exact) mass is 313 g/mol. The first-order valence-corrected chi connectivity index (χ1v) is 8.18. The Hall–Kier alpha value is -1.07. The largest absolute Gasteiger partial charge is 0.396 e. The van der Waals surface area contributed by atoms with Gasteiger partial charge in [0.2, 0.25) is 5.91 Å². The third-order valence-electron chi connectivity index (χ3n) is 3.20. The lowest BCUT2D eigenvalue weighted by molar-refractivity contribution is -0.121. The van der Waals surface area contributed by atoms with Crippen molar-refractivity contribution in [3.8, 4) is 0 Å². The van der Waals surface area contributed by atoms with E-state index in [1.54, 1.807) is 18.2 Å². The molecule has 0 saturated carbocycles. The zero-order valence-electron chi connectivity index (χ0n) is 12.7. The Labute approximate surface area is 130 Å². The molecule has 5 heteroatoms. The number of aliphatic hydroxyl groups excluding tert-OH is 1. The maximum absolute atomic E-state index is 13.4. The van der Waals surface area contributed by atoms with E-state index in [-0.39, 0.29) is 23.7 Å². The number of nitrogens with one attached hydrogen (secondary N) is 1. The van der Waals surface area contributed by atoms with Gasteiger partial charge in [-0.15, -0.1) is 11.8 Å². The molecule has 2 N–H and O–H groups in total. The van der Waals surface area contributed by atoms with E-state index in [0.29, 0.717) is 23.6 Å². The number of benzene rings is 1. The predicted molar refractivity (Wildman–Crippen MR) is 84.9 cm³/mol. The Morgan fingerprint density at radius 1 is 1.38 bits per heavy atom. The number of carbonyl (C=O) groups is 1. The summed E-state index contributed by atoms with van der Waals surface area (Å²) < 4.78 is 13.4. The lowest BCUT2D eigenvalue weighted by atomic mass is 9.88. The molecule has 118 valence electrons. The highest BCUT2D eigenvalue weighted by Gasteiger charge is 2.18. The summed E-state index contributed by atoms with van der Waals surface area (Å²) in [6, 6.07) is 6.58. The van der Waals surface area contributed by atoms with Crippen LogP contribution in [-0.4, -0.2) is 29.9 Å². The van der Waals surface area contributed by atoms with E-state index >= 15 is 0 Å². The van der Waals surface area contributed by atoms with Crippen LogP contribution in [0.5, 0.6) is 0 Å². The molecule has 21 heavy (non-hydrogen) atoms. The number of amides is 1. The Kier molecular flexibility index (Phi) is 7.75. The van der Waals surface area contributed by atoms with Crippen LogP contribution in [0, 0.1) is 11.2 Å². The quantitative estimate of drug-likeness (QED) is 0.688. The summed E-state index contributed by atoms with van der Waals surface area (Å²) in [6.45, 7) is 4.90. The highest BCUT2D eigenvalue weighted by Crippen LogP contribution is 2.22. The SMILES string of the molecule is CC(C)(CCCO)CNC(=O)CCSc1ccccc1F. The minimum absolute atomic E-state index is 0.0168. The summed E-state index contributed by atoms with van der Waals surface area (Å²) in [6.07, 6.45) is 1.98. The second-order valence-electron chi connectivity index (χ2n) is 5.80. The number of aliphatic hydroxyl groups is 1. The minimum atomic E-state index is -0.243. The molecular formula is C16H24FNO2S. The fourth-order valence-electron chi connectivity index (χ4n) is 1.89. The van der Waals surface area contributed by atoms with Gasteiger partial charge in [0.15, 0.2) is 0 Å². The van der Waals surface area contributed by atoms with Crippen LogP contribution in [0.2, 0.25) is 0 Å². The summed E-state index contributed by atoms with van der Waals surface area (Å²) in [5.41, 5.74) is -0.0168. The van der Waals surface area contributed by atoms with Gasteiger partial charge in [-0.25, -0.2) is 4.39 Å². The predicted octanol–water partition coefficient (Wildman–Crippen LogP) is 3.22. The molecule has 1 aromatic rings. The lowest BCUT2D eigenvalue weighted by Crippen LogP contribution is -2.34. The van der Waals surface area contributed by atoms with Crippen LogP contribution < -0.4 is 5.32 Å². The molecule has 0 heterocycles. The molecule has 0 atom stereocenters. The molecular weight excluding hydrogens is 289 g/mol. The summed E-state index contributed by atoms with van der Waals surface area (Å²) in [5.74, 6) is 0.299. The van der Waals surface area contributed by atoms with Crippen molar-refractivity contribution in [3.05, 3.63) is 30.1 Å². The Balaban J connectivity index is 2.24. The Morgan fingerprint density at radius 3 is 2.76 bits per heavy atom. The molecule has 1 rings (SSSR count). The van der Waals surface area contributed by atoms with Gasteiger partial charge in [-0.05, 0) is 30.4 Å². The molecule has 0 spiro atoms. The molecule has 3 nitrogen and oxygen atoms in total. The highest BCUT2D eigenvalue weighted by atomic mass is 32.2. The molecule has 0 aliphatic rings. The second-order valence-corrected chi connectivity index (χ2v) is 6.93. The molecule has 0 unspecified atom stereocenters. The molecule has 0 aromatic heterocycles. The van der Waals surface area contributed by atoms with Gasteiger partial charge < -0.3 is 10.4 Å². The standard InChI is InChI=1S/C16H24FNO2S/c1-16(2,9-5-10-19)12-18-15(20)8-11-21-14-7-4-3-6-13(14)17/h3-4,6-7,19H,5,8-12H2,1-2H3,(H,18,20). The normalized spacial score (nSPS) is 11.4. The Morgan fingerprint density at radius 2 is 2.10 bits per heavy atom. The highest BCUT2D eigenvalue weighted by molar-refractivity contribution is 7.99. The van der Waals surface area contributed by atoms with Crippen molar-refractivity contribution >= 4 is 17.7 Å². The van der Waals surface area contributed by atoms with E-state index < -0.39 is 0 Å². The molecule has 1 aromatic carbocycles. The second kappa shape index (κ2) is 9.05. The molecule has 0 bridgehead atoms. The summed E-state index contributed by atoms with van der Waals surface area (Å²) in [5, 5.41) is 11.7. The van der Waals surface area contributed by atoms with Crippen LogP contribution in [0.4, 0.5) is 4.39 Å². The summed E-state index contributed by atoms with van der Waals surface area (Å²) >= 11 is 1.35. The van der Waals surface area contributed by atoms with Gasteiger partial charge in [0.05, 0.1) is 0 Å². The van der Waals surface area contributed by atoms with Crippen molar-refractivity contribution in [1.29, 1.82) is 0 Å². The van der Waals surface area contributed by atoms with Crippen LogP contribution in [0.25, 0.3) is 0 Å². The summed E-state index contributed by atoms with van der Waals surface area (Å²) in [4.78, 5) is 12.3. The summed E-state index contributed by atoms with van der Waals surface area (Å²) in [7, 11) is 0. The van der Waals surface area contributed by atoms with Crippen LogP contribution >= 0.6 is 11.8 Å². The van der Waals surface area contributed by atoms with Gasteiger partial charge >= 0.3 is 0 Å². The number of hydrogen-bond donors (Lipinski definition) is 2. The lowest BCUT2D eigenvalue weighted by Gasteiger charge is -2.24. The average Bonchev–Trinajstić information content (AvgIpc) is 2.45. The number of rotatable bonds is 9. The smallest absolute Gasteiger partial charge is 0.220 e. The minimum Gasteiger partial charge on any atom is -0.396 e. The average molecular weight is 313 g/mol. The molecule has 0 fully saturated rings. The zero-order chi connectivity index (χ0) is 15.7. The van der Waals surface area contributed by atoms with Crippen LogP contribution in [-0.2, 0) is 4.79 Å². The maximum Gasteiger partial charge on any atom is 0.220 e. The number of halogens is 1. The van der Waals surface area contributed by atoms with Crippen molar-refractivity contribution < 1.29 is 14.3 Å². The third-order valence-corrected chi connectivity index (χ3v) is 4.25. The zero-order valence-corrected chi connectivity index (χ0v) is 13.5. The van der Waals surface area contributed by atoms with Gasteiger partial charge in [-0.1, -0.05) is 26.0 Å². The van der Waals surface area contributed by atoms with Crippen LogP contribution in [0.15, 0.2) is 29.2 Å².